The van der Waals surface area contributed by atoms with Crippen molar-refractivity contribution in [3.8, 4) is 0 Å². The zero-order valence-electron chi connectivity index (χ0n) is 8.83. The van der Waals surface area contributed by atoms with Crippen molar-refractivity contribution in [1.29, 1.82) is 0 Å². The van der Waals surface area contributed by atoms with Crippen molar-refractivity contribution < 1.29 is 32.9 Å². The molecule has 0 atom stereocenters. The zero-order valence-corrected chi connectivity index (χ0v) is 11.2. The van der Waals surface area contributed by atoms with Crippen molar-refractivity contribution in [3.05, 3.63) is 0 Å². The third kappa shape index (κ3) is 8.72. The van der Waals surface area contributed by atoms with Crippen molar-refractivity contribution in [2.24, 2.45) is 0 Å². The first-order chi connectivity index (χ1) is 8.04. The summed E-state index contributed by atoms with van der Waals surface area (Å²) >= 11 is 2.56. The van der Waals surface area contributed by atoms with E-state index in [0.29, 0.717) is 6.42 Å². The molecule has 9 heteroatoms. The lowest BCUT2D eigenvalue weighted by molar-refractivity contribution is -0.777. The van der Waals surface area contributed by atoms with E-state index in [9.17, 15) is 18.8 Å². The van der Waals surface area contributed by atoms with Gasteiger partial charge in [-0.2, -0.15) is 13.1 Å². The van der Waals surface area contributed by atoms with Crippen LogP contribution in [0.25, 0.3) is 0 Å². The first kappa shape index (κ1) is 17.0. The van der Waals surface area contributed by atoms with E-state index in [4.69, 9.17) is 0 Å². The summed E-state index contributed by atoms with van der Waals surface area (Å²) in [7, 11) is 0. The van der Waals surface area contributed by atoms with Gasteiger partial charge < -0.3 is 9.99 Å². The third-order valence-corrected chi connectivity index (χ3v) is 2.73. The number of rotatable bonds is 10. The van der Waals surface area contributed by atoms with Crippen LogP contribution < -0.4 is 5.26 Å². The van der Waals surface area contributed by atoms with Crippen LogP contribution in [0.15, 0.2) is 0 Å². The molecule has 0 bridgehead atoms. The number of carbonyl (C=O) groups excluding carboxylic acids is 1. The maximum atomic E-state index is 12.8. The molecule has 0 saturated heterocycles. The summed E-state index contributed by atoms with van der Waals surface area (Å²) in [6, 6.07) is 0. The molecule has 0 aliphatic rings. The molecule has 0 rings (SSSR count). The quantitative estimate of drug-likeness (QED) is 0.151. The monoisotopic (exact) mass is 337 g/mol. The summed E-state index contributed by atoms with van der Waals surface area (Å²) in [5.41, 5.74) is 0. The number of hydrogen-bond donors (Lipinski definition) is 0. The van der Waals surface area contributed by atoms with Gasteiger partial charge in [-0.25, -0.2) is 4.79 Å². The standard InChI is InChI=1S/C8H13BrF2O5S/c9-5-3-1-2-4-6-14-7(12)8(10,11)17-16-15-13/h13H,1-6H2/p-1. The highest BCUT2D eigenvalue weighted by molar-refractivity contribution is 9.09. The van der Waals surface area contributed by atoms with Crippen LogP contribution in [0.2, 0.25) is 0 Å². The van der Waals surface area contributed by atoms with Gasteiger partial charge in [0.25, 0.3) is 0 Å². The van der Waals surface area contributed by atoms with Gasteiger partial charge in [0, 0.05) is 5.33 Å². The maximum absolute atomic E-state index is 12.8. The van der Waals surface area contributed by atoms with Crippen molar-refractivity contribution in [3.63, 3.8) is 0 Å². The summed E-state index contributed by atoms with van der Waals surface area (Å²) in [5, 5.41) is 8.98. The molecule has 5 nitrogen and oxygen atoms in total. The number of unbranched alkanes of at least 4 members (excludes halogenated alkanes) is 3. The molecule has 0 unspecified atom stereocenters. The summed E-state index contributed by atoms with van der Waals surface area (Å²) < 4.78 is 33.3. The Bertz CT molecular complexity index is 220. The molecule has 0 spiro atoms. The Morgan fingerprint density at radius 1 is 1.29 bits per heavy atom. The lowest BCUT2D eigenvalue weighted by Gasteiger charge is -2.13. The van der Waals surface area contributed by atoms with E-state index < -0.39 is 23.3 Å². The van der Waals surface area contributed by atoms with E-state index in [1.165, 1.54) is 0 Å². The molecule has 0 aliphatic heterocycles. The van der Waals surface area contributed by atoms with Gasteiger partial charge in [-0.05, 0) is 12.8 Å². The van der Waals surface area contributed by atoms with Gasteiger partial charge >= 0.3 is 11.2 Å². The summed E-state index contributed by atoms with van der Waals surface area (Å²) in [5.74, 6) is -1.75. The third-order valence-electron chi connectivity index (χ3n) is 1.67. The highest BCUT2D eigenvalue weighted by Gasteiger charge is 2.43. The second-order valence-corrected chi connectivity index (χ2v) is 4.58. The Hall–Kier alpha value is 0.0400. The number of ether oxygens (including phenoxy) is 1. The largest absolute Gasteiger partial charge is 0.691 e. The Morgan fingerprint density at radius 2 is 1.94 bits per heavy atom. The highest BCUT2D eigenvalue weighted by atomic mass is 79.9. The molecule has 0 saturated carbocycles. The summed E-state index contributed by atoms with van der Waals surface area (Å²) in [4.78, 5) is 10.8. The van der Waals surface area contributed by atoms with Crippen LogP contribution in [0.4, 0.5) is 8.78 Å². The van der Waals surface area contributed by atoms with Gasteiger partial charge in [-0.1, -0.05) is 28.8 Å². The SMILES string of the molecule is O=C(OCCCCCCBr)C(F)(F)SOO[O-]. The molecule has 0 amide bonds. The second-order valence-electron chi connectivity index (χ2n) is 2.98. The first-order valence-corrected chi connectivity index (χ1v) is 6.66. The molecule has 0 fully saturated rings. The topological polar surface area (TPSA) is 67.8 Å². The maximum Gasteiger partial charge on any atom is 0.415 e. The van der Waals surface area contributed by atoms with E-state index in [-0.39, 0.29) is 6.61 Å². The van der Waals surface area contributed by atoms with Crippen LogP contribution in [0.5, 0.6) is 0 Å². The Kier molecular flexibility index (Phi) is 10.0. The van der Waals surface area contributed by atoms with Crippen molar-refractivity contribution >= 4 is 33.9 Å². The molecule has 0 aromatic rings. The molecule has 0 N–H and O–H groups in total. The van der Waals surface area contributed by atoms with Gasteiger partial charge in [-0.3, -0.25) is 5.04 Å². The molecule has 0 aromatic carbocycles. The zero-order chi connectivity index (χ0) is 13.1. The number of halogens is 3. The van der Waals surface area contributed by atoms with Crippen LogP contribution in [0, 0.1) is 0 Å². The van der Waals surface area contributed by atoms with E-state index in [1.54, 1.807) is 0 Å². The lowest BCUT2D eigenvalue weighted by atomic mass is 10.2. The molecule has 17 heavy (non-hydrogen) atoms. The number of esters is 1. The Labute approximate surface area is 110 Å². The fourth-order valence-electron chi connectivity index (χ4n) is 0.890. The summed E-state index contributed by atoms with van der Waals surface area (Å²) in [6.07, 6.45) is 3.21. The first-order valence-electron chi connectivity index (χ1n) is 4.80. The minimum absolute atomic E-state index is 0.0878. The molecule has 0 heterocycles. The van der Waals surface area contributed by atoms with Crippen molar-refractivity contribution in [1.82, 2.24) is 0 Å². The van der Waals surface area contributed by atoms with Gasteiger partial charge in [0.2, 0.25) is 0 Å². The van der Waals surface area contributed by atoms with E-state index in [2.05, 4.69) is 30.0 Å². The van der Waals surface area contributed by atoms with Crippen LogP contribution >= 0.6 is 28.0 Å². The van der Waals surface area contributed by atoms with E-state index >= 15 is 0 Å². The Morgan fingerprint density at radius 3 is 2.53 bits per heavy atom. The van der Waals surface area contributed by atoms with Gasteiger partial charge in [0.15, 0.2) is 0 Å². The fourth-order valence-corrected chi connectivity index (χ4v) is 1.53. The number of carbonyl (C=O) groups is 1. The van der Waals surface area contributed by atoms with Crippen LogP contribution in [-0.4, -0.2) is 23.2 Å². The number of hydrogen-bond acceptors (Lipinski definition) is 6. The van der Waals surface area contributed by atoms with Crippen LogP contribution in [-0.2, 0) is 18.9 Å². The van der Waals surface area contributed by atoms with Gasteiger partial charge in [-0.15, -0.1) is 0 Å². The lowest BCUT2D eigenvalue weighted by Crippen LogP contribution is -2.28. The van der Waals surface area contributed by atoms with Crippen LogP contribution in [0.3, 0.4) is 0 Å². The molecule has 0 aliphatic carbocycles. The molecule has 0 radical (unpaired) electrons. The summed E-state index contributed by atoms with van der Waals surface area (Å²) in [6.45, 7) is -0.0878. The normalized spacial score (nSPS) is 11.5. The van der Waals surface area contributed by atoms with E-state index in [1.807, 2.05) is 0 Å². The van der Waals surface area contributed by atoms with Crippen LogP contribution in [0.1, 0.15) is 25.7 Å². The Balaban J connectivity index is 3.62. The predicted molar refractivity (Wildman–Crippen MR) is 57.9 cm³/mol. The second kappa shape index (κ2) is 10.0. The predicted octanol–water partition coefficient (Wildman–Crippen LogP) is 1.95. The number of alkyl halides is 3. The average molecular weight is 338 g/mol. The molecular weight excluding hydrogens is 326 g/mol. The van der Waals surface area contributed by atoms with Crippen molar-refractivity contribution in [2.45, 2.75) is 30.9 Å². The minimum atomic E-state index is -3.94. The van der Waals surface area contributed by atoms with Gasteiger partial charge in [0.1, 0.15) is 12.0 Å². The average Bonchev–Trinajstić information content (AvgIpc) is 2.30. The molecule has 102 valence electrons. The fraction of sp³-hybridized carbons (Fsp3) is 0.875. The molecule has 0 aromatic heterocycles. The van der Waals surface area contributed by atoms with Gasteiger partial charge in [0.05, 0.1) is 6.61 Å². The minimum Gasteiger partial charge on any atom is -0.691 e. The van der Waals surface area contributed by atoms with E-state index in [0.717, 1.165) is 24.6 Å². The highest BCUT2D eigenvalue weighted by Crippen LogP contribution is 2.30. The van der Waals surface area contributed by atoms with Crippen molar-refractivity contribution in [2.75, 3.05) is 11.9 Å². The molecular formula is C8H12BrF2O5S-. The smallest absolute Gasteiger partial charge is 0.415 e.